The van der Waals surface area contributed by atoms with Gasteiger partial charge in [-0.3, -0.25) is 9.97 Å². The molecule has 2 heterocycles. The zero-order chi connectivity index (χ0) is 22.7. The van der Waals surface area contributed by atoms with Crippen molar-refractivity contribution in [2.45, 2.75) is 19.1 Å². The molecule has 0 amide bonds. The molecule has 1 atom stereocenters. The molecule has 0 aliphatic rings. The lowest BCUT2D eigenvalue weighted by Crippen LogP contribution is -2.30. The summed E-state index contributed by atoms with van der Waals surface area (Å²) in [5, 5.41) is 0. The van der Waals surface area contributed by atoms with E-state index in [0.29, 0.717) is 25.4 Å². The molecule has 2 aromatic carbocycles. The Morgan fingerprint density at radius 1 is 0.727 bits per heavy atom. The molecule has 33 heavy (non-hydrogen) atoms. The highest BCUT2D eigenvalue weighted by atomic mass is 16.5. The van der Waals surface area contributed by atoms with Crippen LogP contribution < -0.4 is 15.2 Å². The largest absolute Gasteiger partial charge is 0.490 e. The standard InChI is InChI=1S/C28H27N3O2/c29-26(16-23-8-10-27(11-9-23)32-20-24-4-2-1-3-5-24)21-33-28-17-25(18-31-19-28)7-6-22-12-14-30-15-13-22/h1-15,17-19,26H,16,20-21,29H2/t26-/m0/s1. The number of hydrogen-bond acceptors (Lipinski definition) is 5. The van der Waals surface area contributed by atoms with Crippen LogP contribution in [-0.2, 0) is 13.0 Å². The van der Waals surface area contributed by atoms with Crippen molar-refractivity contribution in [3.8, 4) is 11.5 Å². The van der Waals surface area contributed by atoms with Crippen molar-refractivity contribution < 1.29 is 9.47 Å². The summed E-state index contributed by atoms with van der Waals surface area (Å²) in [6.45, 7) is 0.962. The highest BCUT2D eigenvalue weighted by Crippen LogP contribution is 2.17. The Morgan fingerprint density at radius 3 is 2.27 bits per heavy atom. The van der Waals surface area contributed by atoms with Crippen molar-refractivity contribution >= 4 is 12.2 Å². The fourth-order valence-corrected chi connectivity index (χ4v) is 3.30. The lowest BCUT2D eigenvalue weighted by molar-refractivity contribution is 0.286. The molecule has 2 aromatic heterocycles. The van der Waals surface area contributed by atoms with Crippen LogP contribution in [0.4, 0.5) is 0 Å². The second kappa shape index (κ2) is 11.6. The molecule has 0 unspecified atom stereocenters. The Balaban J connectivity index is 1.24. The lowest BCUT2D eigenvalue weighted by Gasteiger charge is -2.14. The summed E-state index contributed by atoms with van der Waals surface area (Å²) in [7, 11) is 0. The van der Waals surface area contributed by atoms with Crippen molar-refractivity contribution in [3.63, 3.8) is 0 Å². The molecule has 5 nitrogen and oxygen atoms in total. The van der Waals surface area contributed by atoms with Gasteiger partial charge in [-0.15, -0.1) is 0 Å². The number of benzene rings is 2. The second-order valence-electron chi connectivity index (χ2n) is 7.76. The Morgan fingerprint density at radius 2 is 1.48 bits per heavy atom. The SMILES string of the molecule is N[C@H](COc1cncc(C=Cc2ccncc2)c1)Cc1ccc(OCc2ccccc2)cc1. The Hall–Kier alpha value is -3.96. The van der Waals surface area contributed by atoms with Crippen LogP contribution in [-0.4, -0.2) is 22.6 Å². The van der Waals surface area contributed by atoms with Crippen molar-refractivity contribution in [2.24, 2.45) is 5.73 Å². The molecule has 4 rings (SSSR count). The maximum absolute atomic E-state index is 6.30. The van der Waals surface area contributed by atoms with Crippen LogP contribution in [0.25, 0.3) is 12.2 Å². The molecule has 0 saturated carbocycles. The number of rotatable bonds is 10. The molecule has 0 aliphatic carbocycles. The maximum atomic E-state index is 6.30. The molecule has 0 spiro atoms. The van der Waals surface area contributed by atoms with E-state index in [4.69, 9.17) is 15.2 Å². The summed E-state index contributed by atoms with van der Waals surface area (Å²) in [6.07, 6.45) is 11.8. The number of nitrogens with zero attached hydrogens (tertiary/aromatic N) is 2. The summed E-state index contributed by atoms with van der Waals surface area (Å²) >= 11 is 0. The first-order chi connectivity index (χ1) is 16.2. The third kappa shape index (κ3) is 7.30. The summed E-state index contributed by atoms with van der Waals surface area (Å²) in [5.74, 6) is 1.54. The van der Waals surface area contributed by atoms with Crippen molar-refractivity contribution in [1.82, 2.24) is 9.97 Å². The average Bonchev–Trinajstić information content (AvgIpc) is 2.87. The Bertz CT molecular complexity index is 1150. The van der Waals surface area contributed by atoms with E-state index in [0.717, 1.165) is 28.0 Å². The van der Waals surface area contributed by atoms with E-state index in [9.17, 15) is 0 Å². The highest BCUT2D eigenvalue weighted by molar-refractivity contribution is 5.69. The highest BCUT2D eigenvalue weighted by Gasteiger charge is 2.07. The monoisotopic (exact) mass is 437 g/mol. The maximum Gasteiger partial charge on any atom is 0.138 e. The van der Waals surface area contributed by atoms with E-state index in [1.54, 1.807) is 24.8 Å². The predicted octanol–water partition coefficient (Wildman–Crippen LogP) is 5.17. The number of nitrogens with two attached hydrogens (primary N) is 1. The number of hydrogen-bond donors (Lipinski definition) is 1. The zero-order valence-corrected chi connectivity index (χ0v) is 18.4. The Kier molecular flexibility index (Phi) is 7.82. The quantitative estimate of drug-likeness (QED) is 0.370. The van der Waals surface area contributed by atoms with Gasteiger partial charge in [0.05, 0.1) is 6.20 Å². The topological polar surface area (TPSA) is 70.3 Å². The van der Waals surface area contributed by atoms with E-state index in [2.05, 4.69) is 22.1 Å². The normalized spacial score (nSPS) is 11.9. The minimum absolute atomic E-state index is 0.128. The number of ether oxygens (including phenoxy) is 2. The van der Waals surface area contributed by atoms with E-state index in [1.165, 1.54) is 0 Å². The molecule has 0 aliphatic heterocycles. The lowest BCUT2D eigenvalue weighted by atomic mass is 10.1. The van der Waals surface area contributed by atoms with Gasteiger partial charge in [-0.25, -0.2) is 0 Å². The molecular formula is C28H27N3O2. The van der Waals surface area contributed by atoms with Crippen LogP contribution in [0.3, 0.4) is 0 Å². The molecule has 4 aromatic rings. The van der Waals surface area contributed by atoms with Crippen molar-refractivity contribution in [3.05, 3.63) is 120 Å². The first kappa shape index (κ1) is 22.2. The molecule has 0 radical (unpaired) electrons. The zero-order valence-electron chi connectivity index (χ0n) is 18.4. The summed E-state index contributed by atoms with van der Waals surface area (Å²) in [4.78, 5) is 8.29. The van der Waals surface area contributed by atoms with Gasteiger partial charge in [-0.05, 0) is 59.0 Å². The van der Waals surface area contributed by atoms with E-state index in [-0.39, 0.29) is 6.04 Å². The van der Waals surface area contributed by atoms with Gasteiger partial charge < -0.3 is 15.2 Å². The van der Waals surface area contributed by atoms with Crippen molar-refractivity contribution in [1.29, 1.82) is 0 Å². The average molecular weight is 438 g/mol. The molecule has 2 N–H and O–H groups in total. The van der Waals surface area contributed by atoms with E-state index >= 15 is 0 Å². The van der Waals surface area contributed by atoms with Gasteiger partial charge in [-0.1, -0.05) is 54.6 Å². The minimum atomic E-state index is -0.128. The summed E-state index contributed by atoms with van der Waals surface area (Å²) in [6, 6.07) is 23.9. The summed E-state index contributed by atoms with van der Waals surface area (Å²) < 4.78 is 11.7. The second-order valence-corrected chi connectivity index (χ2v) is 7.76. The van der Waals surface area contributed by atoms with Gasteiger partial charge in [0.15, 0.2) is 0 Å². The van der Waals surface area contributed by atoms with E-state index in [1.807, 2.05) is 72.8 Å². The van der Waals surface area contributed by atoms with Gasteiger partial charge in [0, 0.05) is 24.6 Å². The van der Waals surface area contributed by atoms with Crippen molar-refractivity contribution in [2.75, 3.05) is 6.61 Å². The van der Waals surface area contributed by atoms with Crippen LogP contribution >= 0.6 is 0 Å². The van der Waals surface area contributed by atoms with Crippen LogP contribution in [0.15, 0.2) is 97.6 Å². The first-order valence-corrected chi connectivity index (χ1v) is 10.9. The molecule has 5 heteroatoms. The third-order valence-corrected chi connectivity index (χ3v) is 5.04. The molecule has 0 saturated heterocycles. The van der Waals surface area contributed by atoms with Crippen LogP contribution in [0.1, 0.15) is 22.3 Å². The van der Waals surface area contributed by atoms with Gasteiger partial charge in [0.25, 0.3) is 0 Å². The van der Waals surface area contributed by atoms with Crippen LogP contribution in [0, 0.1) is 0 Å². The number of aromatic nitrogens is 2. The Labute approximate surface area is 194 Å². The molecule has 166 valence electrons. The van der Waals surface area contributed by atoms with Gasteiger partial charge in [0.1, 0.15) is 24.7 Å². The molecular weight excluding hydrogens is 410 g/mol. The minimum Gasteiger partial charge on any atom is -0.490 e. The fourth-order valence-electron chi connectivity index (χ4n) is 3.30. The van der Waals surface area contributed by atoms with Gasteiger partial charge >= 0.3 is 0 Å². The van der Waals surface area contributed by atoms with Gasteiger partial charge in [-0.2, -0.15) is 0 Å². The van der Waals surface area contributed by atoms with Gasteiger partial charge in [0.2, 0.25) is 0 Å². The molecule has 0 bridgehead atoms. The van der Waals surface area contributed by atoms with Crippen LogP contribution in [0.5, 0.6) is 11.5 Å². The predicted molar refractivity (Wildman–Crippen MR) is 132 cm³/mol. The summed E-state index contributed by atoms with van der Waals surface area (Å²) in [5.41, 5.74) is 10.6. The first-order valence-electron chi connectivity index (χ1n) is 10.9. The van der Waals surface area contributed by atoms with Crippen LogP contribution in [0.2, 0.25) is 0 Å². The third-order valence-electron chi connectivity index (χ3n) is 5.04. The number of pyridine rings is 2. The molecule has 0 fully saturated rings. The smallest absolute Gasteiger partial charge is 0.138 e. The fraction of sp³-hybridized carbons (Fsp3) is 0.143. The van der Waals surface area contributed by atoms with E-state index < -0.39 is 0 Å².